The van der Waals surface area contributed by atoms with Crippen molar-refractivity contribution in [3.8, 4) is 5.00 Å². The number of hydrogen-bond donors (Lipinski definition) is 0. The molecule has 21 heavy (non-hydrogen) atoms. The van der Waals surface area contributed by atoms with Gasteiger partial charge >= 0.3 is 6.03 Å². The zero-order valence-corrected chi connectivity index (χ0v) is 14.5. The second-order valence-corrected chi connectivity index (χ2v) is 8.45. The SMILES string of the molecule is Cc1cn(-c2ccc(Br)s2)c(=NC(=O)N2CC[C@@H](F)C2)s1. The predicted octanol–water partition coefficient (Wildman–Crippen LogP) is 3.74. The van der Waals surface area contributed by atoms with E-state index in [0.717, 1.165) is 13.7 Å². The minimum Gasteiger partial charge on any atom is -0.320 e. The van der Waals surface area contributed by atoms with Crippen LogP contribution in [0.3, 0.4) is 0 Å². The van der Waals surface area contributed by atoms with Gasteiger partial charge in [0.25, 0.3) is 0 Å². The van der Waals surface area contributed by atoms with Crippen molar-refractivity contribution in [2.24, 2.45) is 4.99 Å². The molecule has 3 rings (SSSR count). The molecular weight excluding hydrogens is 377 g/mol. The first-order chi connectivity index (χ1) is 10.0. The van der Waals surface area contributed by atoms with Crippen molar-refractivity contribution in [3.63, 3.8) is 0 Å². The van der Waals surface area contributed by atoms with Crippen LogP contribution in [-0.4, -0.2) is 34.8 Å². The molecule has 1 saturated heterocycles. The van der Waals surface area contributed by atoms with Crippen molar-refractivity contribution in [2.45, 2.75) is 19.5 Å². The number of likely N-dealkylation sites (tertiary alicyclic amines) is 1. The fourth-order valence-corrected chi connectivity index (χ4v) is 4.39. The lowest BCUT2D eigenvalue weighted by atomic mass is 10.3. The molecule has 0 aromatic carbocycles. The van der Waals surface area contributed by atoms with Crippen molar-refractivity contribution in [3.05, 3.63) is 31.8 Å². The number of hydrogen-bond acceptors (Lipinski definition) is 3. The zero-order chi connectivity index (χ0) is 15.0. The Labute approximate surface area is 137 Å². The number of aryl methyl sites for hydroxylation is 1. The third-order valence-corrected chi connectivity index (χ3v) is 5.68. The highest BCUT2D eigenvalue weighted by molar-refractivity contribution is 9.11. The number of thiazole rings is 1. The summed E-state index contributed by atoms with van der Waals surface area (Å²) in [6, 6.07) is 3.57. The first-order valence-electron chi connectivity index (χ1n) is 6.45. The number of halogens is 2. The Bertz CT molecular complexity index is 736. The van der Waals surface area contributed by atoms with Crippen LogP contribution in [-0.2, 0) is 0 Å². The Kier molecular flexibility index (Phi) is 4.28. The van der Waals surface area contributed by atoms with Gasteiger partial charge in [-0.2, -0.15) is 4.99 Å². The van der Waals surface area contributed by atoms with E-state index in [1.807, 2.05) is 29.8 Å². The van der Waals surface area contributed by atoms with Gasteiger partial charge < -0.3 is 4.90 Å². The van der Waals surface area contributed by atoms with E-state index in [0.29, 0.717) is 17.8 Å². The Hall–Kier alpha value is -0.990. The van der Waals surface area contributed by atoms with E-state index in [4.69, 9.17) is 0 Å². The molecule has 1 atom stereocenters. The average Bonchev–Trinajstić information content (AvgIpc) is 3.11. The van der Waals surface area contributed by atoms with E-state index in [9.17, 15) is 9.18 Å². The molecule has 0 N–H and O–H groups in total. The average molecular weight is 390 g/mol. The number of urea groups is 1. The summed E-state index contributed by atoms with van der Waals surface area (Å²) in [6.07, 6.45) is 1.44. The lowest BCUT2D eigenvalue weighted by molar-refractivity contribution is 0.213. The van der Waals surface area contributed by atoms with Crippen LogP contribution >= 0.6 is 38.6 Å². The van der Waals surface area contributed by atoms with Crippen LogP contribution in [0.4, 0.5) is 9.18 Å². The summed E-state index contributed by atoms with van der Waals surface area (Å²) >= 11 is 6.46. The van der Waals surface area contributed by atoms with Crippen molar-refractivity contribution < 1.29 is 9.18 Å². The van der Waals surface area contributed by atoms with E-state index >= 15 is 0 Å². The Morgan fingerprint density at radius 2 is 2.29 bits per heavy atom. The molecule has 0 bridgehead atoms. The third-order valence-electron chi connectivity index (χ3n) is 3.16. The molecule has 8 heteroatoms. The Morgan fingerprint density at radius 1 is 1.48 bits per heavy atom. The van der Waals surface area contributed by atoms with Crippen molar-refractivity contribution in [1.82, 2.24) is 9.47 Å². The number of nitrogens with zero attached hydrogens (tertiary/aromatic N) is 3. The zero-order valence-electron chi connectivity index (χ0n) is 11.3. The summed E-state index contributed by atoms with van der Waals surface area (Å²) in [7, 11) is 0. The summed E-state index contributed by atoms with van der Waals surface area (Å²) in [6.45, 7) is 2.57. The van der Waals surface area contributed by atoms with Crippen molar-refractivity contribution in [2.75, 3.05) is 13.1 Å². The fraction of sp³-hybridized carbons (Fsp3) is 0.385. The van der Waals surface area contributed by atoms with Gasteiger partial charge in [-0.3, -0.25) is 4.57 Å². The van der Waals surface area contributed by atoms with Gasteiger partial charge in [0, 0.05) is 17.6 Å². The molecule has 1 aliphatic heterocycles. The van der Waals surface area contributed by atoms with Crippen LogP contribution in [0.15, 0.2) is 27.1 Å². The van der Waals surface area contributed by atoms with E-state index in [1.54, 1.807) is 11.3 Å². The van der Waals surface area contributed by atoms with Gasteiger partial charge in [0.15, 0.2) is 4.80 Å². The van der Waals surface area contributed by atoms with Crippen molar-refractivity contribution in [1.29, 1.82) is 0 Å². The molecule has 1 aliphatic rings. The molecule has 2 amide bonds. The quantitative estimate of drug-likeness (QED) is 0.731. The number of thiophene rings is 1. The molecule has 0 aliphatic carbocycles. The summed E-state index contributed by atoms with van der Waals surface area (Å²) in [5.74, 6) is 0. The van der Waals surface area contributed by atoms with E-state index in [1.165, 1.54) is 16.2 Å². The molecule has 0 unspecified atom stereocenters. The van der Waals surface area contributed by atoms with Gasteiger partial charge in [0.05, 0.1) is 10.3 Å². The normalized spacial score (nSPS) is 19.5. The molecule has 0 saturated carbocycles. The molecule has 112 valence electrons. The topological polar surface area (TPSA) is 37.6 Å². The molecule has 0 spiro atoms. The molecule has 0 radical (unpaired) electrons. The number of alkyl halides is 1. The van der Waals surface area contributed by atoms with Gasteiger partial charge in [-0.25, -0.2) is 9.18 Å². The molecule has 2 aromatic heterocycles. The lowest BCUT2D eigenvalue weighted by Crippen LogP contribution is -2.28. The fourth-order valence-electron chi connectivity index (χ4n) is 2.17. The molecular formula is C13H13BrFN3OS2. The highest BCUT2D eigenvalue weighted by atomic mass is 79.9. The van der Waals surface area contributed by atoms with Gasteiger partial charge in [-0.05, 0) is 41.4 Å². The minimum atomic E-state index is -0.922. The maximum absolute atomic E-state index is 13.2. The lowest BCUT2D eigenvalue weighted by Gasteiger charge is -2.10. The van der Waals surface area contributed by atoms with Crippen LogP contribution in [0.2, 0.25) is 0 Å². The maximum Gasteiger partial charge on any atom is 0.346 e. The van der Waals surface area contributed by atoms with Crippen LogP contribution in [0.25, 0.3) is 5.00 Å². The largest absolute Gasteiger partial charge is 0.346 e. The highest BCUT2D eigenvalue weighted by Gasteiger charge is 2.25. The van der Waals surface area contributed by atoms with Crippen LogP contribution in [0.1, 0.15) is 11.3 Å². The summed E-state index contributed by atoms with van der Waals surface area (Å²) in [5, 5.41) is 0.988. The standard InChI is InChI=1S/C13H13BrFN3OS2/c1-8-6-18(11-3-2-10(14)21-11)13(20-8)16-12(19)17-5-4-9(15)7-17/h2-3,6,9H,4-5,7H2,1H3/t9-/m1/s1. The second kappa shape index (κ2) is 6.02. The van der Waals surface area contributed by atoms with Crippen LogP contribution < -0.4 is 4.80 Å². The van der Waals surface area contributed by atoms with Crippen LogP contribution in [0.5, 0.6) is 0 Å². The number of carbonyl (C=O) groups is 1. The second-order valence-electron chi connectivity index (χ2n) is 4.80. The summed E-state index contributed by atoms with van der Waals surface area (Å²) in [4.78, 5) is 19.5. The summed E-state index contributed by atoms with van der Waals surface area (Å²) < 4.78 is 16.1. The maximum atomic E-state index is 13.2. The molecule has 3 heterocycles. The number of amides is 2. The number of rotatable bonds is 1. The van der Waals surface area contributed by atoms with Gasteiger partial charge in [-0.1, -0.05) is 0 Å². The molecule has 2 aromatic rings. The van der Waals surface area contributed by atoms with Crippen LogP contribution in [0, 0.1) is 6.92 Å². The minimum absolute atomic E-state index is 0.150. The van der Waals surface area contributed by atoms with E-state index in [2.05, 4.69) is 20.9 Å². The third kappa shape index (κ3) is 3.27. The smallest absolute Gasteiger partial charge is 0.320 e. The number of aromatic nitrogens is 1. The van der Waals surface area contributed by atoms with E-state index < -0.39 is 6.17 Å². The van der Waals surface area contributed by atoms with Crippen molar-refractivity contribution >= 4 is 44.6 Å². The Morgan fingerprint density at radius 3 is 2.90 bits per heavy atom. The molecule has 1 fully saturated rings. The van der Waals surface area contributed by atoms with Gasteiger partial charge in [0.2, 0.25) is 0 Å². The van der Waals surface area contributed by atoms with Gasteiger partial charge in [0.1, 0.15) is 11.2 Å². The first-order valence-corrected chi connectivity index (χ1v) is 8.88. The van der Waals surface area contributed by atoms with E-state index in [-0.39, 0.29) is 12.6 Å². The number of carbonyl (C=O) groups excluding carboxylic acids is 1. The predicted molar refractivity (Wildman–Crippen MR) is 86.0 cm³/mol. The van der Waals surface area contributed by atoms with Gasteiger partial charge in [-0.15, -0.1) is 22.7 Å². The monoisotopic (exact) mass is 389 g/mol. The highest BCUT2D eigenvalue weighted by Crippen LogP contribution is 2.25. The molecule has 4 nitrogen and oxygen atoms in total. The summed E-state index contributed by atoms with van der Waals surface area (Å²) in [5.41, 5.74) is 0. The first kappa shape index (κ1) is 14.9. The Balaban J connectivity index is 1.95.